The number of hydrogen-bond acceptors (Lipinski definition) is 6. The molecular weight excluding hydrogens is 436 g/mol. The number of anilines is 1. The molecule has 0 spiro atoms. The van der Waals surface area contributed by atoms with Crippen molar-refractivity contribution >= 4 is 44.6 Å². The highest BCUT2D eigenvalue weighted by molar-refractivity contribution is 7.17. The van der Waals surface area contributed by atoms with E-state index < -0.39 is 0 Å². The standard InChI is InChI=1S/C25H24N4OS2/c30-25(19-9-14-31-15-19)29-11-4-10-28(12-13-29)23-21-20(17-5-2-1-3-6-17)16-32-24(21)27-22(26-23)18-7-8-18/h1-3,5-6,9,14-16,18H,4,7-8,10-13H2. The van der Waals surface area contributed by atoms with Crippen LogP contribution in [0.5, 0.6) is 0 Å². The number of amides is 1. The number of hydrogen-bond donors (Lipinski definition) is 0. The molecule has 0 N–H and O–H groups in total. The highest BCUT2D eigenvalue weighted by Crippen LogP contribution is 2.43. The number of rotatable bonds is 4. The number of fused-ring (bicyclic) bond motifs is 1. The zero-order chi connectivity index (χ0) is 21.5. The molecule has 1 amide bonds. The fourth-order valence-electron chi connectivity index (χ4n) is 4.42. The summed E-state index contributed by atoms with van der Waals surface area (Å²) in [6.07, 6.45) is 3.31. The fraction of sp³-hybridized carbons (Fsp3) is 0.320. The summed E-state index contributed by atoms with van der Waals surface area (Å²) in [4.78, 5) is 28.4. The second kappa shape index (κ2) is 8.30. The molecule has 3 aromatic heterocycles. The predicted octanol–water partition coefficient (Wildman–Crippen LogP) is 5.65. The molecule has 6 rings (SSSR count). The monoisotopic (exact) mass is 460 g/mol. The van der Waals surface area contributed by atoms with Gasteiger partial charge in [0.15, 0.2) is 0 Å². The molecule has 2 aliphatic rings. The van der Waals surface area contributed by atoms with Crippen LogP contribution in [0.25, 0.3) is 21.3 Å². The van der Waals surface area contributed by atoms with Crippen LogP contribution in [-0.2, 0) is 0 Å². The molecule has 0 atom stereocenters. The van der Waals surface area contributed by atoms with E-state index >= 15 is 0 Å². The Morgan fingerprint density at radius 2 is 1.84 bits per heavy atom. The summed E-state index contributed by atoms with van der Waals surface area (Å²) in [7, 11) is 0. The number of thiophene rings is 2. The van der Waals surface area contributed by atoms with Crippen molar-refractivity contribution in [1.82, 2.24) is 14.9 Å². The van der Waals surface area contributed by atoms with Gasteiger partial charge in [-0.1, -0.05) is 30.3 Å². The third-order valence-corrected chi connectivity index (χ3v) is 7.87. The Hall–Kier alpha value is -2.77. The van der Waals surface area contributed by atoms with Crippen LogP contribution in [-0.4, -0.2) is 47.0 Å². The summed E-state index contributed by atoms with van der Waals surface area (Å²) < 4.78 is 0. The first kappa shape index (κ1) is 19.9. The van der Waals surface area contributed by atoms with E-state index in [0.29, 0.717) is 12.5 Å². The van der Waals surface area contributed by atoms with Gasteiger partial charge in [-0.2, -0.15) is 11.3 Å². The molecule has 0 radical (unpaired) electrons. The van der Waals surface area contributed by atoms with Crippen LogP contribution in [0.2, 0.25) is 0 Å². The Morgan fingerprint density at radius 3 is 2.62 bits per heavy atom. The third kappa shape index (κ3) is 3.69. The summed E-state index contributed by atoms with van der Waals surface area (Å²) in [6.45, 7) is 3.18. The molecule has 2 fully saturated rings. The van der Waals surface area contributed by atoms with Crippen molar-refractivity contribution in [1.29, 1.82) is 0 Å². The van der Waals surface area contributed by atoms with Crippen LogP contribution in [0.3, 0.4) is 0 Å². The summed E-state index contributed by atoms with van der Waals surface area (Å²) in [5, 5.41) is 7.29. The lowest BCUT2D eigenvalue weighted by atomic mass is 10.1. The van der Waals surface area contributed by atoms with E-state index in [1.807, 2.05) is 21.7 Å². The van der Waals surface area contributed by atoms with E-state index in [1.165, 1.54) is 24.0 Å². The number of nitrogens with zero attached hydrogens (tertiary/aromatic N) is 4. The zero-order valence-electron chi connectivity index (χ0n) is 17.7. The molecule has 1 aliphatic heterocycles. The van der Waals surface area contributed by atoms with Gasteiger partial charge in [-0.15, -0.1) is 11.3 Å². The van der Waals surface area contributed by atoms with Gasteiger partial charge in [0.1, 0.15) is 16.5 Å². The van der Waals surface area contributed by atoms with Gasteiger partial charge in [0, 0.05) is 48.4 Å². The van der Waals surface area contributed by atoms with Gasteiger partial charge in [0.2, 0.25) is 0 Å². The topological polar surface area (TPSA) is 49.3 Å². The summed E-state index contributed by atoms with van der Waals surface area (Å²) in [6, 6.07) is 12.4. The van der Waals surface area contributed by atoms with Gasteiger partial charge >= 0.3 is 0 Å². The van der Waals surface area contributed by atoms with Gasteiger partial charge in [-0.3, -0.25) is 4.79 Å². The van der Waals surface area contributed by atoms with Crippen molar-refractivity contribution < 1.29 is 4.79 Å². The van der Waals surface area contributed by atoms with Gasteiger partial charge in [0.05, 0.1) is 10.9 Å². The second-order valence-electron chi connectivity index (χ2n) is 8.52. The second-order valence-corrected chi connectivity index (χ2v) is 10.2. The summed E-state index contributed by atoms with van der Waals surface area (Å²) >= 11 is 3.29. The minimum Gasteiger partial charge on any atom is -0.354 e. The highest BCUT2D eigenvalue weighted by atomic mass is 32.1. The molecule has 32 heavy (non-hydrogen) atoms. The summed E-state index contributed by atoms with van der Waals surface area (Å²) in [5.41, 5.74) is 3.21. The van der Waals surface area contributed by atoms with Crippen LogP contribution in [0.4, 0.5) is 5.82 Å². The van der Waals surface area contributed by atoms with E-state index in [-0.39, 0.29) is 5.91 Å². The maximum Gasteiger partial charge on any atom is 0.254 e. The van der Waals surface area contributed by atoms with E-state index in [1.54, 1.807) is 22.7 Å². The predicted molar refractivity (Wildman–Crippen MR) is 132 cm³/mol. The molecule has 0 unspecified atom stereocenters. The maximum atomic E-state index is 12.9. The molecule has 1 aromatic carbocycles. The molecule has 0 bridgehead atoms. The first-order chi connectivity index (χ1) is 15.8. The van der Waals surface area contributed by atoms with E-state index in [9.17, 15) is 4.79 Å². The first-order valence-corrected chi connectivity index (χ1v) is 13.0. The molecule has 1 aliphatic carbocycles. The molecule has 7 heteroatoms. The molecule has 162 valence electrons. The van der Waals surface area contributed by atoms with Gasteiger partial charge in [-0.25, -0.2) is 9.97 Å². The smallest absolute Gasteiger partial charge is 0.254 e. The molecule has 5 nitrogen and oxygen atoms in total. The van der Waals surface area contributed by atoms with Crippen molar-refractivity contribution in [2.45, 2.75) is 25.2 Å². The molecule has 4 heterocycles. The van der Waals surface area contributed by atoms with Crippen LogP contribution in [0.1, 0.15) is 41.4 Å². The van der Waals surface area contributed by atoms with Gasteiger partial charge in [-0.05, 0) is 36.3 Å². The lowest BCUT2D eigenvalue weighted by molar-refractivity contribution is 0.0767. The normalized spacial score (nSPS) is 17.0. The SMILES string of the molecule is O=C(c1ccsc1)N1CCCN(c2nc(C3CC3)nc3scc(-c4ccccc4)c23)CC1. The summed E-state index contributed by atoms with van der Waals surface area (Å²) in [5.74, 6) is 2.68. The largest absolute Gasteiger partial charge is 0.354 e. The number of aromatic nitrogens is 2. The molecular formula is C25H24N4OS2. The first-order valence-electron chi connectivity index (χ1n) is 11.2. The van der Waals surface area contributed by atoms with Crippen molar-refractivity contribution in [2.75, 3.05) is 31.1 Å². The minimum absolute atomic E-state index is 0.139. The molecule has 1 saturated heterocycles. The van der Waals surface area contributed by atoms with Gasteiger partial charge in [0.25, 0.3) is 5.91 Å². The lowest BCUT2D eigenvalue weighted by Crippen LogP contribution is -2.35. The van der Waals surface area contributed by atoms with E-state index in [4.69, 9.17) is 9.97 Å². The third-order valence-electron chi connectivity index (χ3n) is 6.31. The Labute approximate surface area is 195 Å². The van der Waals surface area contributed by atoms with Crippen LogP contribution in [0, 0.1) is 0 Å². The number of carbonyl (C=O) groups is 1. The Bertz CT molecular complexity index is 1250. The lowest BCUT2D eigenvalue weighted by Gasteiger charge is -2.24. The van der Waals surface area contributed by atoms with Crippen molar-refractivity contribution in [3.05, 3.63) is 63.9 Å². The average molecular weight is 461 g/mol. The Kier molecular flexibility index (Phi) is 5.15. The van der Waals surface area contributed by atoms with E-state index in [0.717, 1.165) is 53.5 Å². The average Bonchev–Trinajstić information content (AvgIpc) is 3.45. The Balaban J connectivity index is 1.37. The fourth-order valence-corrected chi connectivity index (χ4v) is 6.00. The van der Waals surface area contributed by atoms with Crippen LogP contribution < -0.4 is 4.90 Å². The Morgan fingerprint density at radius 1 is 0.969 bits per heavy atom. The quantitative estimate of drug-likeness (QED) is 0.395. The number of carbonyl (C=O) groups excluding carboxylic acids is 1. The number of benzene rings is 1. The molecule has 4 aromatic rings. The van der Waals surface area contributed by atoms with Crippen molar-refractivity contribution in [3.8, 4) is 11.1 Å². The highest BCUT2D eigenvalue weighted by Gasteiger charge is 2.30. The maximum absolute atomic E-state index is 12.9. The van der Waals surface area contributed by atoms with Gasteiger partial charge < -0.3 is 9.80 Å². The zero-order valence-corrected chi connectivity index (χ0v) is 19.4. The van der Waals surface area contributed by atoms with E-state index in [2.05, 4.69) is 40.6 Å². The van der Waals surface area contributed by atoms with Crippen LogP contribution >= 0.6 is 22.7 Å². The van der Waals surface area contributed by atoms with Crippen molar-refractivity contribution in [3.63, 3.8) is 0 Å². The minimum atomic E-state index is 0.139. The van der Waals surface area contributed by atoms with Crippen LogP contribution in [0.15, 0.2) is 52.5 Å². The molecule has 1 saturated carbocycles. The van der Waals surface area contributed by atoms with Crippen molar-refractivity contribution in [2.24, 2.45) is 0 Å².